The first kappa shape index (κ1) is 17.8. The van der Waals surface area contributed by atoms with E-state index in [4.69, 9.17) is 0 Å². The van der Waals surface area contributed by atoms with E-state index in [1.807, 2.05) is 16.9 Å². The molecule has 146 valence electrons. The number of fused-ring (bicyclic) bond motifs is 2. The van der Waals surface area contributed by atoms with E-state index in [-0.39, 0.29) is 11.6 Å². The quantitative estimate of drug-likeness (QED) is 0.532. The van der Waals surface area contributed by atoms with Gasteiger partial charge in [-0.2, -0.15) is 0 Å². The molecule has 5 rings (SSSR count). The minimum absolute atomic E-state index is 0.0718. The van der Waals surface area contributed by atoms with Crippen molar-refractivity contribution in [1.29, 1.82) is 0 Å². The monoisotopic (exact) mass is 384 g/mol. The van der Waals surface area contributed by atoms with Gasteiger partial charge in [0.25, 0.3) is 0 Å². The number of anilines is 1. The lowest BCUT2D eigenvalue weighted by molar-refractivity contribution is 0.330. The summed E-state index contributed by atoms with van der Waals surface area (Å²) in [5.74, 6) is 0.859. The minimum Gasteiger partial charge on any atom is -0.357 e. The van der Waals surface area contributed by atoms with Gasteiger partial charge in [-0.15, -0.1) is 5.10 Å². The summed E-state index contributed by atoms with van der Waals surface area (Å²) in [5.41, 5.74) is 4.58. The second kappa shape index (κ2) is 6.65. The lowest BCUT2D eigenvalue weighted by Crippen LogP contribution is -2.34. The first-order valence-electron chi connectivity index (χ1n) is 10.0. The molecule has 0 aliphatic carbocycles. The van der Waals surface area contributed by atoms with Crippen molar-refractivity contribution < 1.29 is 0 Å². The summed E-state index contributed by atoms with van der Waals surface area (Å²) < 4.78 is 1.95. The van der Waals surface area contributed by atoms with Crippen LogP contribution in [0.2, 0.25) is 0 Å². The fourth-order valence-corrected chi connectivity index (χ4v) is 4.21. The van der Waals surface area contributed by atoms with Crippen LogP contribution in [0, 0.1) is 0 Å². The molecule has 0 saturated carbocycles. The lowest BCUT2D eigenvalue weighted by Gasteiger charge is -2.32. The molecule has 0 amide bonds. The Bertz CT molecular complexity index is 1170. The van der Waals surface area contributed by atoms with Gasteiger partial charge in [-0.05, 0) is 73.0 Å². The summed E-state index contributed by atoms with van der Waals surface area (Å²) in [4.78, 5) is 6.91. The van der Waals surface area contributed by atoms with Crippen LogP contribution < -0.4 is 4.90 Å². The molecule has 6 heteroatoms. The Balaban J connectivity index is 1.71. The molecule has 1 aliphatic rings. The van der Waals surface area contributed by atoms with Gasteiger partial charge in [0, 0.05) is 23.8 Å². The van der Waals surface area contributed by atoms with Gasteiger partial charge >= 0.3 is 0 Å². The van der Waals surface area contributed by atoms with Crippen LogP contribution in [0.15, 0.2) is 60.8 Å². The number of rotatable bonds is 3. The van der Waals surface area contributed by atoms with Crippen molar-refractivity contribution in [3.05, 3.63) is 77.7 Å². The predicted octanol–water partition coefficient (Wildman–Crippen LogP) is 4.13. The molecule has 2 aromatic carbocycles. The average Bonchev–Trinajstić information content (AvgIpc) is 3.36. The van der Waals surface area contributed by atoms with Crippen molar-refractivity contribution in [3.8, 4) is 0 Å². The molecule has 3 heterocycles. The average molecular weight is 384 g/mol. The molecule has 0 radical (unpaired) electrons. The standard InChI is InChI=1S/C23H24N6/c1-23(2,3)29-22(25-26-27-29)21(28-14-12-16-7-4-5-9-20(16)28)18-10-11-19-17(15-18)8-6-13-24-19/h4-11,13,15,21H,12,14H2,1-3H3/t21-/m1/s1. The summed E-state index contributed by atoms with van der Waals surface area (Å²) in [6.07, 6.45) is 2.86. The highest BCUT2D eigenvalue weighted by atomic mass is 15.6. The van der Waals surface area contributed by atoms with Crippen molar-refractivity contribution in [2.24, 2.45) is 0 Å². The van der Waals surface area contributed by atoms with E-state index in [1.54, 1.807) is 0 Å². The number of para-hydroxylation sites is 1. The molecule has 0 unspecified atom stereocenters. The van der Waals surface area contributed by atoms with E-state index in [0.29, 0.717) is 0 Å². The fraction of sp³-hybridized carbons (Fsp3) is 0.304. The summed E-state index contributed by atoms with van der Waals surface area (Å²) in [5, 5.41) is 14.0. The van der Waals surface area contributed by atoms with Crippen molar-refractivity contribution in [2.75, 3.05) is 11.4 Å². The van der Waals surface area contributed by atoms with E-state index in [9.17, 15) is 0 Å². The first-order valence-corrected chi connectivity index (χ1v) is 10.0. The normalized spacial score (nSPS) is 14.9. The molecule has 0 spiro atoms. The Kier molecular flexibility index (Phi) is 4.08. The summed E-state index contributed by atoms with van der Waals surface area (Å²) in [7, 11) is 0. The van der Waals surface area contributed by atoms with E-state index in [0.717, 1.165) is 29.7 Å². The number of tetrazole rings is 1. The molecule has 4 aromatic rings. The predicted molar refractivity (Wildman–Crippen MR) is 114 cm³/mol. The molecule has 0 bridgehead atoms. The van der Waals surface area contributed by atoms with Gasteiger partial charge in [-0.1, -0.05) is 30.3 Å². The van der Waals surface area contributed by atoms with Crippen LogP contribution in [-0.4, -0.2) is 31.7 Å². The molecule has 0 N–H and O–H groups in total. The zero-order chi connectivity index (χ0) is 20.0. The fourth-order valence-electron chi connectivity index (χ4n) is 4.21. The SMILES string of the molecule is CC(C)(C)n1nnnc1[C@@H](c1ccc2ncccc2c1)N1CCc2ccccc21. The summed E-state index contributed by atoms with van der Waals surface area (Å²) in [6.45, 7) is 7.33. The van der Waals surface area contributed by atoms with E-state index < -0.39 is 0 Å². The van der Waals surface area contributed by atoms with Gasteiger partial charge in [-0.3, -0.25) is 4.98 Å². The zero-order valence-electron chi connectivity index (χ0n) is 16.9. The number of pyridine rings is 1. The Morgan fingerprint density at radius 2 is 1.86 bits per heavy atom. The maximum atomic E-state index is 4.50. The van der Waals surface area contributed by atoms with Crippen LogP contribution in [0.25, 0.3) is 10.9 Å². The second-order valence-electron chi connectivity index (χ2n) is 8.55. The molecule has 6 nitrogen and oxygen atoms in total. The van der Waals surface area contributed by atoms with Crippen LogP contribution in [0.3, 0.4) is 0 Å². The molecular formula is C23H24N6. The van der Waals surface area contributed by atoms with E-state index in [2.05, 4.69) is 94.7 Å². The summed E-state index contributed by atoms with van der Waals surface area (Å²) in [6, 6.07) is 19.1. The Morgan fingerprint density at radius 3 is 2.72 bits per heavy atom. The molecule has 2 aromatic heterocycles. The van der Waals surface area contributed by atoms with Gasteiger partial charge in [0.15, 0.2) is 5.82 Å². The van der Waals surface area contributed by atoms with Gasteiger partial charge in [0.2, 0.25) is 0 Å². The maximum Gasteiger partial charge on any atom is 0.178 e. The smallest absolute Gasteiger partial charge is 0.178 e. The Hall–Kier alpha value is -3.28. The lowest BCUT2D eigenvalue weighted by atomic mass is 10.00. The number of benzene rings is 2. The van der Waals surface area contributed by atoms with Crippen molar-refractivity contribution in [2.45, 2.75) is 38.8 Å². The molecule has 0 saturated heterocycles. The molecule has 29 heavy (non-hydrogen) atoms. The zero-order valence-corrected chi connectivity index (χ0v) is 16.9. The van der Waals surface area contributed by atoms with E-state index in [1.165, 1.54) is 16.8 Å². The highest BCUT2D eigenvalue weighted by Crippen LogP contribution is 2.39. The third kappa shape index (κ3) is 3.05. The molecule has 0 fully saturated rings. The van der Waals surface area contributed by atoms with Crippen molar-refractivity contribution >= 4 is 16.6 Å². The molecular weight excluding hydrogens is 360 g/mol. The van der Waals surface area contributed by atoms with E-state index >= 15 is 0 Å². The largest absolute Gasteiger partial charge is 0.357 e. The number of hydrogen-bond donors (Lipinski definition) is 0. The van der Waals surface area contributed by atoms with Crippen LogP contribution in [0.5, 0.6) is 0 Å². The van der Waals surface area contributed by atoms with Crippen LogP contribution in [-0.2, 0) is 12.0 Å². The third-order valence-corrected chi connectivity index (χ3v) is 5.55. The Labute approximate surface area is 170 Å². The van der Waals surface area contributed by atoms with Crippen LogP contribution >= 0.6 is 0 Å². The highest BCUT2D eigenvalue weighted by Gasteiger charge is 2.34. The Morgan fingerprint density at radius 1 is 1.00 bits per heavy atom. The third-order valence-electron chi connectivity index (χ3n) is 5.55. The summed E-state index contributed by atoms with van der Waals surface area (Å²) >= 11 is 0. The molecule has 1 atom stereocenters. The highest BCUT2D eigenvalue weighted by molar-refractivity contribution is 5.79. The van der Waals surface area contributed by atoms with Gasteiger partial charge in [-0.25, -0.2) is 4.68 Å². The number of aromatic nitrogens is 5. The van der Waals surface area contributed by atoms with Crippen molar-refractivity contribution in [3.63, 3.8) is 0 Å². The maximum absolute atomic E-state index is 4.50. The number of nitrogens with zero attached hydrogens (tertiary/aromatic N) is 6. The topological polar surface area (TPSA) is 59.7 Å². The van der Waals surface area contributed by atoms with Gasteiger partial charge in [0.05, 0.1) is 11.1 Å². The van der Waals surface area contributed by atoms with Gasteiger partial charge < -0.3 is 4.90 Å². The van der Waals surface area contributed by atoms with Crippen LogP contribution in [0.4, 0.5) is 5.69 Å². The van der Waals surface area contributed by atoms with Crippen LogP contribution in [0.1, 0.15) is 43.8 Å². The first-order chi connectivity index (χ1) is 14.0. The van der Waals surface area contributed by atoms with Gasteiger partial charge in [0.1, 0.15) is 6.04 Å². The second-order valence-corrected chi connectivity index (χ2v) is 8.55. The number of hydrogen-bond acceptors (Lipinski definition) is 5. The molecule has 1 aliphatic heterocycles. The minimum atomic E-state index is -0.214. The van der Waals surface area contributed by atoms with Crippen molar-refractivity contribution in [1.82, 2.24) is 25.2 Å².